The first-order valence-corrected chi connectivity index (χ1v) is 9.49. The zero-order chi connectivity index (χ0) is 16.1. The number of para-hydroxylation sites is 1. The molecule has 0 atom stereocenters. The first-order chi connectivity index (χ1) is 11.2. The van der Waals surface area contributed by atoms with Gasteiger partial charge in [0.15, 0.2) is 0 Å². The van der Waals surface area contributed by atoms with Crippen molar-refractivity contribution in [1.82, 2.24) is 25.2 Å². The van der Waals surface area contributed by atoms with Crippen molar-refractivity contribution < 1.29 is 0 Å². The van der Waals surface area contributed by atoms with E-state index in [0.29, 0.717) is 5.92 Å². The van der Waals surface area contributed by atoms with Crippen LogP contribution >= 0.6 is 23.1 Å². The maximum Gasteiger partial charge on any atom is 0.214 e. The van der Waals surface area contributed by atoms with Crippen LogP contribution in [-0.2, 0) is 12.2 Å². The number of thiazole rings is 1. The molecule has 0 bridgehead atoms. The summed E-state index contributed by atoms with van der Waals surface area (Å²) in [5, 5.41) is 16.1. The molecule has 0 aliphatic carbocycles. The summed E-state index contributed by atoms with van der Waals surface area (Å²) in [5.74, 6) is 1.50. The number of rotatable bonds is 7. The minimum Gasteiger partial charge on any atom is -0.245 e. The highest BCUT2D eigenvalue weighted by Crippen LogP contribution is 2.24. The Morgan fingerprint density at radius 3 is 2.83 bits per heavy atom. The summed E-state index contributed by atoms with van der Waals surface area (Å²) in [4.78, 5) is 4.70. The van der Waals surface area contributed by atoms with Crippen molar-refractivity contribution in [2.45, 2.75) is 37.6 Å². The molecule has 0 fully saturated rings. The van der Waals surface area contributed by atoms with Crippen LogP contribution in [0.1, 0.15) is 31.0 Å². The van der Waals surface area contributed by atoms with E-state index in [9.17, 15) is 0 Å². The van der Waals surface area contributed by atoms with Gasteiger partial charge in [-0.3, -0.25) is 0 Å². The van der Waals surface area contributed by atoms with E-state index in [1.165, 1.54) is 11.4 Å². The quantitative estimate of drug-likeness (QED) is 0.606. The Morgan fingerprint density at radius 1 is 1.22 bits per heavy atom. The van der Waals surface area contributed by atoms with Gasteiger partial charge in [0.25, 0.3) is 0 Å². The number of aromatic nitrogens is 5. The zero-order valence-corrected chi connectivity index (χ0v) is 14.8. The minimum absolute atomic E-state index is 0.715. The lowest BCUT2D eigenvalue weighted by Gasteiger charge is -2.03. The highest BCUT2D eigenvalue weighted by molar-refractivity contribution is 7.98. The fourth-order valence-electron chi connectivity index (χ4n) is 2.08. The minimum atomic E-state index is 0.715. The van der Waals surface area contributed by atoms with Crippen LogP contribution in [0.5, 0.6) is 0 Å². The van der Waals surface area contributed by atoms with Crippen molar-refractivity contribution in [3.05, 3.63) is 46.4 Å². The van der Waals surface area contributed by atoms with Gasteiger partial charge in [-0.1, -0.05) is 43.8 Å². The number of benzene rings is 1. The number of nitrogens with zero attached hydrogens (tertiary/aromatic N) is 5. The molecule has 120 valence electrons. The molecule has 23 heavy (non-hydrogen) atoms. The molecule has 2 aromatic heterocycles. The van der Waals surface area contributed by atoms with Crippen molar-refractivity contribution in [3.8, 4) is 5.69 Å². The molecule has 1 aromatic carbocycles. The van der Waals surface area contributed by atoms with Crippen LogP contribution in [0.25, 0.3) is 5.69 Å². The number of aryl methyl sites for hydroxylation is 1. The predicted molar refractivity (Wildman–Crippen MR) is 94.0 cm³/mol. The molecule has 0 aliphatic rings. The normalized spacial score (nSPS) is 11.3. The molecule has 0 spiro atoms. The largest absolute Gasteiger partial charge is 0.245 e. The molecule has 3 aromatic rings. The van der Waals surface area contributed by atoms with Crippen LogP contribution in [0.3, 0.4) is 0 Å². The van der Waals surface area contributed by atoms with E-state index in [1.54, 1.807) is 27.8 Å². The molecule has 7 heteroatoms. The second-order valence-electron chi connectivity index (χ2n) is 5.66. The number of hydrogen-bond acceptors (Lipinski definition) is 6. The Labute approximate surface area is 144 Å². The second kappa shape index (κ2) is 7.70. The summed E-state index contributed by atoms with van der Waals surface area (Å²) in [5.41, 5.74) is 2.07. The van der Waals surface area contributed by atoms with Crippen LogP contribution in [0.15, 0.2) is 40.9 Å². The summed E-state index contributed by atoms with van der Waals surface area (Å²) in [6.45, 7) is 4.49. The molecule has 5 nitrogen and oxygen atoms in total. The van der Waals surface area contributed by atoms with E-state index >= 15 is 0 Å². The fraction of sp³-hybridized carbons (Fsp3) is 0.375. The van der Waals surface area contributed by atoms with Gasteiger partial charge in [0, 0.05) is 11.1 Å². The van der Waals surface area contributed by atoms with Crippen molar-refractivity contribution in [2.75, 3.05) is 0 Å². The average molecular weight is 345 g/mol. The van der Waals surface area contributed by atoms with Crippen molar-refractivity contribution in [1.29, 1.82) is 0 Å². The molecule has 2 heterocycles. The zero-order valence-electron chi connectivity index (χ0n) is 13.2. The number of tetrazole rings is 1. The Morgan fingerprint density at radius 2 is 2.04 bits per heavy atom. The first-order valence-electron chi connectivity index (χ1n) is 7.62. The molecule has 3 rings (SSSR count). The molecule has 0 radical (unpaired) electrons. The van der Waals surface area contributed by atoms with Gasteiger partial charge >= 0.3 is 0 Å². The van der Waals surface area contributed by atoms with Gasteiger partial charge < -0.3 is 0 Å². The van der Waals surface area contributed by atoms with Crippen LogP contribution in [-0.4, -0.2) is 25.2 Å². The van der Waals surface area contributed by atoms with Crippen molar-refractivity contribution in [3.63, 3.8) is 0 Å². The van der Waals surface area contributed by atoms with Crippen molar-refractivity contribution in [2.24, 2.45) is 5.92 Å². The third-order valence-corrected chi connectivity index (χ3v) is 5.24. The molecule has 0 saturated heterocycles. The molecule has 0 unspecified atom stereocenters. The van der Waals surface area contributed by atoms with Crippen LogP contribution in [0, 0.1) is 5.92 Å². The van der Waals surface area contributed by atoms with Gasteiger partial charge in [-0.25, -0.2) is 4.98 Å². The maximum absolute atomic E-state index is 4.70. The van der Waals surface area contributed by atoms with Crippen LogP contribution < -0.4 is 0 Å². The Kier molecular flexibility index (Phi) is 5.40. The summed E-state index contributed by atoms with van der Waals surface area (Å²) in [7, 11) is 0. The van der Waals surface area contributed by atoms with E-state index < -0.39 is 0 Å². The molecular formula is C16H19N5S2. The summed E-state index contributed by atoms with van der Waals surface area (Å²) < 4.78 is 1.76. The van der Waals surface area contributed by atoms with E-state index in [-0.39, 0.29) is 0 Å². The topological polar surface area (TPSA) is 56.5 Å². The highest BCUT2D eigenvalue weighted by Gasteiger charge is 2.10. The average Bonchev–Trinajstić information content (AvgIpc) is 3.21. The molecule has 0 amide bonds. The van der Waals surface area contributed by atoms with Crippen LogP contribution in [0.2, 0.25) is 0 Å². The monoisotopic (exact) mass is 345 g/mol. The van der Waals surface area contributed by atoms with E-state index in [0.717, 1.165) is 28.7 Å². The van der Waals surface area contributed by atoms with E-state index in [1.807, 2.05) is 30.3 Å². The van der Waals surface area contributed by atoms with Gasteiger partial charge in [-0.05, 0) is 41.3 Å². The SMILES string of the molecule is CC(C)CCc1nc(CSc2nnnn2-c2ccccc2)cs1. The second-order valence-corrected chi connectivity index (χ2v) is 7.55. The fourth-order valence-corrected chi connectivity index (χ4v) is 3.78. The highest BCUT2D eigenvalue weighted by atomic mass is 32.2. The van der Waals surface area contributed by atoms with E-state index in [4.69, 9.17) is 4.98 Å². The van der Waals surface area contributed by atoms with Gasteiger partial charge in [-0.15, -0.1) is 16.4 Å². The molecule has 0 N–H and O–H groups in total. The molecular weight excluding hydrogens is 326 g/mol. The van der Waals surface area contributed by atoms with E-state index in [2.05, 4.69) is 34.8 Å². The van der Waals surface area contributed by atoms with Crippen LogP contribution in [0.4, 0.5) is 0 Å². The van der Waals surface area contributed by atoms with Gasteiger partial charge in [0.05, 0.1) is 16.4 Å². The lowest BCUT2D eigenvalue weighted by atomic mass is 10.1. The summed E-state index contributed by atoms with van der Waals surface area (Å²) in [6.07, 6.45) is 2.25. The summed E-state index contributed by atoms with van der Waals surface area (Å²) in [6, 6.07) is 9.93. The lowest BCUT2D eigenvalue weighted by Crippen LogP contribution is -1.98. The smallest absolute Gasteiger partial charge is 0.214 e. The Bertz CT molecular complexity index is 736. The van der Waals surface area contributed by atoms with Gasteiger partial charge in [0.1, 0.15) is 0 Å². The number of thioether (sulfide) groups is 1. The standard InChI is InChI=1S/C16H19N5S2/c1-12(2)8-9-15-17-13(10-22-15)11-23-16-18-19-20-21(16)14-6-4-3-5-7-14/h3-7,10,12H,8-9,11H2,1-2H3. The first kappa shape index (κ1) is 16.1. The lowest BCUT2D eigenvalue weighted by molar-refractivity contribution is 0.585. The number of hydrogen-bond donors (Lipinski definition) is 0. The Hall–Kier alpha value is -1.73. The molecule has 0 aliphatic heterocycles. The third kappa shape index (κ3) is 4.39. The molecule has 0 saturated carbocycles. The maximum atomic E-state index is 4.70. The van der Waals surface area contributed by atoms with Gasteiger partial charge in [-0.2, -0.15) is 4.68 Å². The van der Waals surface area contributed by atoms with Gasteiger partial charge in [0.2, 0.25) is 5.16 Å². The Balaban J connectivity index is 1.62. The summed E-state index contributed by atoms with van der Waals surface area (Å²) >= 11 is 3.36. The third-order valence-electron chi connectivity index (χ3n) is 3.33. The predicted octanol–water partition coefficient (Wildman–Crippen LogP) is 4.00. The van der Waals surface area contributed by atoms with Crippen molar-refractivity contribution >= 4 is 23.1 Å².